The third-order valence-electron chi connectivity index (χ3n) is 4.11. The summed E-state index contributed by atoms with van der Waals surface area (Å²) in [6.45, 7) is 3.94. The van der Waals surface area contributed by atoms with E-state index in [4.69, 9.17) is 4.74 Å². The molecule has 0 spiro atoms. The summed E-state index contributed by atoms with van der Waals surface area (Å²) in [4.78, 5) is 12.1. The normalized spacial score (nSPS) is 28.4. The molecular formula is C14H17NO5S. The number of aromatic hydroxyl groups is 1. The number of piperidine rings is 1. The molecular weight excluding hydrogens is 294 g/mol. The molecule has 4 rings (SSSR count). The van der Waals surface area contributed by atoms with Gasteiger partial charge in [-0.25, -0.2) is 8.42 Å². The third kappa shape index (κ3) is 2.20. The molecule has 3 heterocycles. The third-order valence-corrected chi connectivity index (χ3v) is 5.96. The maximum atomic E-state index is 12.8. The fraction of sp³-hybridized carbons (Fsp3) is 0.500. The Balaban J connectivity index is 2.03. The summed E-state index contributed by atoms with van der Waals surface area (Å²) in [6.07, 6.45) is 0.259. The monoisotopic (exact) mass is 311 g/mol. The maximum Gasteiger partial charge on any atom is 0.325 e. The number of nitrogens with zero attached hydrogens (tertiary/aromatic N) is 1. The number of sulfonamides is 1. The van der Waals surface area contributed by atoms with Crippen LogP contribution in [-0.2, 0) is 19.6 Å². The molecule has 0 unspecified atom stereocenters. The summed E-state index contributed by atoms with van der Waals surface area (Å²) in [5.74, 6) is -0.487. The van der Waals surface area contributed by atoms with Gasteiger partial charge in [-0.1, -0.05) is 13.8 Å². The van der Waals surface area contributed by atoms with Crippen LogP contribution in [0.5, 0.6) is 5.75 Å². The molecule has 3 fully saturated rings. The van der Waals surface area contributed by atoms with E-state index in [1.165, 1.54) is 28.6 Å². The predicted octanol–water partition coefficient (Wildman–Crippen LogP) is 1.11. The number of esters is 1. The Morgan fingerprint density at radius 1 is 1.29 bits per heavy atom. The lowest BCUT2D eigenvalue weighted by Gasteiger charge is -2.51. The van der Waals surface area contributed by atoms with Crippen LogP contribution in [0.1, 0.15) is 20.3 Å². The molecule has 2 atom stereocenters. The minimum atomic E-state index is -3.79. The maximum absolute atomic E-state index is 12.8. The van der Waals surface area contributed by atoms with E-state index >= 15 is 0 Å². The lowest BCUT2D eigenvalue weighted by Crippen LogP contribution is -2.66. The summed E-state index contributed by atoms with van der Waals surface area (Å²) >= 11 is 0. The molecule has 3 saturated heterocycles. The minimum Gasteiger partial charge on any atom is -0.508 e. The van der Waals surface area contributed by atoms with E-state index in [1.54, 1.807) is 0 Å². The first kappa shape index (κ1) is 14.3. The number of rotatable bonds is 2. The van der Waals surface area contributed by atoms with Crippen molar-refractivity contribution in [2.75, 3.05) is 6.54 Å². The number of phenolic OH excluding ortho intramolecular Hbond substituents is 1. The number of hydrogen-bond acceptors (Lipinski definition) is 5. The fourth-order valence-electron chi connectivity index (χ4n) is 3.19. The number of hydrogen-bond donors (Lipinski definition) is 1. The van der Waals surface area contributed by atoms with E-state index in [2.05, 4.69) is 0 Å². The van der Waals surface area contributed by atoms with E-state index in [-0.39, 0.29) is 17.2 Å². The van der Waals surface area contributed by atoms with E-state index in [9.17, 15) is 18.3 Å². The highest BCUT2D eigenvalue weighted by atomic mass is 32.2. The molecule has 0 amide bonds. The van der Waals surface area contributed by atoms with Crippen LogP contribution < -0.4 is 0 Å². The van der Waals surface area contributed by atoms with Gasteiger partial charge in [-0.3, -0.25) is 4.79 Å². The molecule has 6 nitrogen and oxygen atoms in total. The van der Waals surface area contributed by atoms with Crippen LogP contribution in [0, 0.1) is 5.41 Å². The number of carbonyl (C=O) groups is 1. The topological polar surface area (TPSA) is 83.9 Å². The SMILES string of the molecule is CC1(C)C[C@@H]2CN(S(=O)(=O)c3ccc(O)cc3)[C@H]1C(=O)O2. The molecule has 3 aliphatic rings. The smallest absolute Gasteiger partial charge is 0.325 e. The molecule has 114 valence electrons. The van der Waals surface area contributed by atoms with Gasteiger partial charge in [-0.05, 0) is 36.1 Å². The fourth-order valence-corrected chi connectivity index (χ4v) is 4.96. The Kier molecular flexibility index (Phi) is 3.04. The van der Waals surface area contributed by atoms with Crippen molar-refractivity contribution in [1.29, 1.82) is 0 Å². The molecule has 0 aliphatic carbocycles. The average molecular weight is 311 g/mol. The van der Waals surface area contributed by atoms with E-state index in [0.717, 1.165) is 0 Å². The minimum absolute atomic E-state index is 0.00569. The Morgan fingerprint density at radius 3 is 2.43 bits per heavy atom. The molecule has 1 aromatic rings. The van der Waals surface area contributed by atoms with Gasteiger partial charge in [0.05, 0.1) is 11.4 Å². The second-order valence-electron chi connectivity index (χ2n) is 6.22. The molecule has 3 aliphatic heterocycles. The van der Waals surface area contributed by atoms with Crippen LogP contribution in [0.4, 0.5) is 0 Å². The van der Waals surface area contributed by atoms with Crippen LogP contribution in [0.15, 0.2) is 29.2 Å². The first-order valence-corrected chi connectivity index (χ1v) is 8.17. The first-order chi connectivity index (χ1) is 9.72. The van der Waals surface area contributed by atoms with Gasteiger partial charge >= 0.3 is 5.97 Å². The van der Waals surface area contributed by atoms with Gasteiger partial charge in [0.1, 0.15) is 17.9 Å². The molecule has 1 aromatic carbocycles. The van der Waals surface area contributed by atoms with Gasteiger partial charge < -0.3 is 9.84 Å². The van der Waals surface area contributed by atoms with Gasteiger partial charge in [-0.15, -0.1) is 0 Å². The van der Waals surface area contributed by atoms with Gasteiger partial charge in [-0.2, -0.15) is 4.31 Å². The predicted molar refractivity (Wildman–Crippen MR) is 74.1 cm³/mol. The summed E-state index contributed by atoms with van der Waals surface area (Å²) < 4.78 is 32.0. The van der Waals surface area contributed by atoms with Crippen LogP contribution in [-0.4, -0.2) is 42.5 Å². The van der Waals surface area contributed by atoms with Crippen molar-refractivity contribution in [3.63, 3.8) is 0 Å². The van der Waals surface area contributed by atoms with E-state index in [0.29, 0.717) is 6.42 Å². The van der Waals surface area contributed by atoms with Gasteiger partial charge in [0.2, 0.25) is 10.0 Å². The number of morpholine rings is 1. The van der Waals surface area contributed by atoms with Gasteiger partial charge in [0, 0.05) is 0 Å². The zero-order valence-electron chi connectivity index (χ0n) is 11.8. The van der Waals surface area contributed by atoms with Crippen molar-refractivity contribution >= 4 is 16.0 Å². The Labute approximate surface area is 123 Å². The summed E-state index contributed by atoms with van der Waals surface area (Å²) in [6, 6.07) is 4.51. The van der Waals surface area contributed by atoms with Crippen molar-refractivity contribution in [2.24, 2.45) is 5.41 Å². The summed E-state index contributed by atoms with van der Waals surface area (Å²) in [7, 11) is -3.79. The molecule has 1 N–H and O–H groups in total. The number of ether oxygens (including phenoxy) is 1. The quantitative estimate of drug-likeness (QED) is 0.827. The van der Waals surface area contributed by atoms with Crippen LogP contribution in [0.25, 0.3) is 0 Å². The van der Waals surface area contributed by atoms with Crippen LogP contribution in [0.3, 0.4) is 0 Å². The Morgan fingerprint density at radius 2 is 1.90 bits per heavy atom. The Hall–Kier alpha value is -1.60. The van der Waals surface area contributed by atoms with Crippen molar-refractivity contribution in [1.82, 2.24) is 4.31 Å². The summed E-state index contributed by atoms with van der Waals surface area (Å²) in [5, 5.41) is 9.28. The lowest BCUT2D eigenvalue weighted by molar-refractivity contribution is -0.183. The van der Waals surface area contributed by atoms with Crippen LogP contribution in [0.2, 0.25) is 0 Å². The highest BCUT2D eigenvalue weighted by molar-refractivity contribution is 7.89. The highest BCUT2D eigenvalue weighted by Gasteiger charge is 2.56. The molecule has 0 saturated carbocycles. The van der Waals surface area contributed by atoms with Crippen molar-refractivity contribution < 1.29 is 23.1 Å². The van der Waals surface area contributed by atoms with E-state index < -0.39 is 33.6 Å². The largest absolute Gasteiger partial charge is 0.508 e. The van der Waals surface area contributed by atoms with Crippen molar-refractivity contribution in [3.05, 3.63) is 24.3 Å². The van der Waals surface area contributed by atoms with Gasteiger partial charge in [0.15, 0.2) is 0 Å². The molecule has 0 aromatic heterocycles. The van der Waals surface area contributed by atoms with Gasteiger partial charge in [0.25, 0.3) is 0 Å². The summed E-state index contributed by atoms with van der Waals surface area (Å²) in [5.41, 5.74) is -0.456. The van der Waals surface area contributed by atoms with Crippen molar-refractivity contribution in [3.8, 4) is 5.75 Å². The second kappa shape index (κ2) is 4.45. The second-order valence-corrected chi connectivity index (χ2v) is 8.11. The number of phenols is 1. The molecule has 21 heavy (non-hydrogen) atoms. The number of carbonyl (C=O) groups excluding carboxylic acids is 1. The highest BCUT2D eigenvalue weighted by Crippen LogP contribution is 2.43. The number of fused-ring (bicyclic) bond motifs is 3. The number of benzene rings is 1. The first-order valence-electron chi connectivity index (χ1n) is 6.73. The zero-order chi connectivity index (χ0) is 15.4. The lowest BCUT2D eigenvalue weighted by atomic mass is 9.74. The Bertz CT molecular complexity index is 680. The zero-order valence-corrected chi connectivity index (χ0v) is 12.6. The molecule has 0 radical (unpaired) electrons. The van der Waals surface area contributed by atoms with Crippen molar-refractivity contribution in [2.45, 2.75) is 37.3 Å². The molecule has 2 bridgehead atoms. The average Bonchev–Trinajstić information content (AvgIpc) is 2.36. The van der Waals surface area contributed by atoms with Crippen LogP contribution >= 0.6 is 0 Å². The van der Waals surface area contributed by atoms with E-state index in [1.807, 2.05) is 13.8 Å². The molecule has 7 heteroatoms. The standard InChI is InChI=1S/C14H17NO5S/c1-14(2)7-10-8-15(12(14)13(17)20-10)21(18,19)11-5-3-9(16)4-6-11/h3-6,10,12,16H,7-8H2,1-2H3/t10-,12+/m1/s1.